The van der Waals surface area contributed by atoms with Gasteiger partial charge >= 0.3 is 0 Å². The largest absolute Gasteiger partial charge is 0.377 e. The molecule has 0 fully saturated rings. The van der Waals surface area contributed by atoms with Crippen molar-refractivity contribution in [2.45, 2.75) is 11.4 Å². The average Bonchev–Trinajstić information content (AvgIpc) is 2.72. The van der Waals surface area contributed by atoms with Crippen molar-refractivity contribution in [3.63, 3.8) is 0 Å². The van der Waals surface area contributed by atoms with E-state index in [4.69, 9.17) is 0 Å². The van der Waals surface area contributed by atoms with Gasteiger partial charge in [0.2, 0.25) is 0 Å². The molecular formula is C22H22FN3O3S. The summed E-state index contributed by atoms with van der Waals surface area (Å²) in [4.78, 5) is 14.5. The molecule has 3 aromatic carbocycles. The Morgan fingerprint density at radius 2 is 1.63 bits per heavy atom. The van der Waals surface area contributed by atoms with E-state index in [0.717, 1.165) is 17.7 Å². The van der Waals surface area contributed by atoms with Crippen LogP contribution in [-0.2, 0) is 16.6 Å². The Morgan fingerprint density at radius 1 is 0.967 bits per heavy atom. The first-order valence-electron chi connectivity index (χ1n) is 9.18. The third-order valence-corrected chi connectivity index (χ3v) is 5.79. The number of carbonyl (C=O) groups excluding carboxylic acids is 1. The van der Waals surface area contributed by atoms with E-state index in [2.05, 4.69) is 10.0 Å². The van der Waals surface area contributed by atoms with E-state index in [9.17, 15) is 17.6 Å². The number of hydrogen-bond donors (Lipinski definition) is 2. The van der Waals surface area contributed by atoms with Crippen molar-refractivity contribution in [2.24, 2.45) is 0 Å². The van der Waals surface area contributed by atoms with E-state index in [-0.39, 0.29) is 16.5 Å². The van der Waals surface area contributed by atoms with Crippen LogP contribution in [-0.4, -0.2) is 28.4 Å². The monoisotopic (exact) mass is 427 g/mol. The summed E-state index contributed by atoms with van der Waals surface area (Å²) in [5, 5.41) is 2.85. The lowest BCUT2D eigenvalue weighted by Gasteiger charge is -2.19. The van der Waals surface area contributed by atoms with Gasteiger partial charge in [-0.05, 0) is 48.0 Å². The van der Waals surface area contributed by atoms with Crippen LogP contribution in [0, 0.1) is 5.82 Å². The lowest BCUT2D eigenvalue weighted by atomic mass is 10.1. The predicted molar refractivity (Wildman–Crippen MR) is 116 cm³/mol. The number of nitrogens with zero attached hydrogens (tertiary/aromatic N) is 1. The first-order chi connectivity index (χ1) is 14.3. The molecule has 0 saturated heterocycles. The van der Waals surface area contributed by atoms with Crippen molar-refractivity contribution in [1.82, 2.24) is 5.32 Å². The van der Waals surface area contributed by atoms with Crippen LogP contribution in [0.3, 0.4) is 0 Å². The summed E-state index contributed by atoms with van der Waals surface area (Å²) in [6, 6.07) is 18.7. The molecular weight excluding hydrogens is 405 g/mol. The summed E-state index contributed by atoms with van der Waals surface area (Å²) in [6.45, 7) is 0.345. The summed E-state index contributed by atoms with van der Waals surface area (Å²) in [5.41, 5.74) is 2.15. The minimum absolute atomic E-state index is 0.0735. The fourth-order valence-electron chi connectivity index (χ4n) is 2.87. The molecule has 2 N–H and O–H groups in total. The standard InChI is InChI=1S/C22H22FN3O3S/c1-26(2)21-13-10-18(25-30(28,29)19-11-8-17(23)9-12-19)14-20(21)22(27)24-15-16-6-4-3-5-7-16/h3-14,25H,15H2,1-2H3,(H,24,27). The zero-order valence-corrected chi connectivity index (χ0v) is 17.4. The molecule has 0 bridgehead atoms. The zero-order chi connectivity index (χ0) is 21.7. The van der Waals surface area contributed by atoms with Gasteiger partial charge in [0.05, 0.1) is 10.5 Å². The van der Waals surface area contributed by atoms with Gasteiger partial charge in [0.25, 0.3) is 15.9 Å². The molecule has 0 saturated carbocycles. The molecule has 0 unspecified atom stereocenters. The first kappa shape index (κ1) is 21.3. The van der Waals surface area contributed by atoms with Crippen molar-refractivity contribution in [1.29, 1.82) is 0 Å². The van der Waals surface area contributed by atoms with Crippen LogP contribution in [0.4, 0.5) is 15.8 Å². The van der Waals surface area contributed by atoms with Crippen molar-refractivity contribution in [2.75, 3.05) is 23.7 Å². The van der Waals surface area contributed by atoms with E-state index in [1.807, 2.05) is 30.3 Å². The Kier molecular flexibility index (Phi) is 6.37. The summed E-state index contributed by atoms with van der Waals surface area (Å²) in [6.07, 6.45) is 0. The number of carbonyl (C=O) groups is 1. The first-order valence-corrected chi connectivity index (χ1v) is 10.7. The van der Waals surface area contributed by atoms with Gasteiger partial charge in [-0.2, -0.15) is 0 Å². The van der Waals surface area contributed by atoms with E-state index in [1.165, 1.54) is 18.2 Å². The highest BCUT2D eigenvalue weighted by Gasteiger charge is 2.18. The van der Waals surface area contributed by atoms with E-state index >= 15 is 0 Å². The van der Waals surface area contributed by atoms with Crippen LogP contribution in [0.1, 0.15) is 15.9 Å². The Morgan fingerprint density at radius 3 is 2.27 bits per heavy atom. The second-order valence-corrected chi connectivity index (χ2v) is 8.54. The average molecular weight is 428 g/mol. The van der Waals surface area contributed by atoms with Crippen LogP contribution in [0.15, 0.2) is 77.7 Å². The van der Waals surface area contributed by atoms with E-state index < -0.39 is 15.8 Å². The third-order valence-electron chi connectivity index (χ3n) is 4.40. The topological polar surface area (TPSA) is 78.5 Å². The Labute approximate surface area is 175 Å². The quantitative estimate of drug-likeness (QED) is 0.604. The lowest BCUT2D eigenvalue weighted by molar-refractivity contribution is 0.0951. The van der Waals surface area contributed by atoms with Crippen LogP contribution in [0.25, 0.3) is 0 Å². The normalized spacial score (nSPS) is 11.0. The van der Waals surface area contributed by atoms with E-state index in [0.29, 0.717) is 17.8 Å². The molecule has 0 aliphatic rings. The molecule has 0 heterocycles. The molecule has 156 valence electrons. The van der Waals surface area contributed by atoms with Crippen molar-refractivity contribution in [3.8, 4) is 0 Å². The van der Waals surface area contributed by atoms with Gasteiger partial charge in [0, 0.05) is 32.0 Å². The number of sulfonamides is 1. The maximum absolute atomic E-state index is 13.1. The maximum atomic E-state index is 13.1. The number of benzene rings is 3. The van der Waals surface area contributed by atoms with E-state index in [1.54, 1.807) is 31.1 Å². The number of anilines is 2. The Balaban J connectivity index is 1.85. The highest BCUT2D eigenvalue weighted by molar-refractivity contribution is 7.92. The molecule has 0 aliphatic heterocycles. The van der Waals surface area contributed by atoms with Crippen molar-refractivity contribution in [3.05, 3.63) is 89.7 Å². The van der Waals surface area contributed by atoms with Crippen LogP contribution >= 0.6 is 0 Å². The number of amides is 1. The van der Waals surface area contributed by atoms with Gasteiger partial charge in [-0.1, -0.05) is 30.3 Å². The smallest absolute Gasteiger partial charge is 0.261 e. The molecule has 6 nitrogen and oxygen atoms in total. The second kappa shape index (κ2) is 8.96. The number of rotatable bonds is 7. The Hall–Kier alpha value is -3.39. The molecule has 0 aliphatic carbocycles. The minimum atomic E-state index is -3.92. The van der Waals surface area contributed by atoms with Crippen LogP contribution in [0.5, 0.6) is 0 Å². The van der Waals surface area contributed by atoms with Gasteiger partial charge in [-0.25, -0.2) is 12.8 Å². The summed E-state index contributed by atoms with van der Waals surface area (Å²) < 4.78 is 40.7. The molecule has 0 spiro atoms. The minimum Gasteiger partial charge on any atom is -0.377 e. The fraction of sp³-hybridized carbons (Fsp3) is 0.136. The summed E-state index contributed by atoms with van der Waals surface area (Å²) in [7, 11) is -0.328. The molecule has 1 amide bonds. The Bertz CT molecular complexity index is 1130. The molecule has 0 atom stereocenters. The predicted octanol–water partition coefficient (Wildman–Crippen LogP) is 3.62. The highest BCUT2D eigenvalue weighted by atomic mass is 32.2. The maximum Gasteiger partial charge on any atom is 0.261 e. The second-order valence-electron chi connectivity index (χ2n) is 6.85. The highest BCUT2D eigenvalue weighted by Crippen LogP contribution is 2.25. The van der Waals surface area contributed by atoms with Gasteiger partial charge in [-0.15, -0.1) is 0 Å². The molecule has 8 heteroatoms. The third kappa shape index (κ3) is 5.15. The molecule has 30 heavy (non-hydrogen) atoms. The molecule has 0 aromatic heterocycles. The fourth-order valence-corrected chi connectivity index (χ4v) is 3.92. The molecule has 3 aromatic rings. The number of halogens is 1. The van der Waals surface area contributed by atoms with Gasteiger partial charge in [-0.3, -0.25) is 9.52 Å². The van der Waals surface area contributed by atoms with Crippen LogP contribution < -0.4 is 14.9 Å². The summed E-state index contributed by atoms with van der Waals surface area (Å²) in [5.74, 6) is -0.855. The number of hydrogen-bond acceptors (Lipinski definition) is 4. The SMILES string of the molecule is CN(C)c1ccc(NS(=O)(=O)c2ccc(F)cc2)cc1C(=O)NCc1ccccc1. The molecule has 0 radical (unpaired) electrons. The van der Waals surface area contributed by atoms with Gasteiger partial charge in [0.15, 0.2) is 0 Å². The van der Waals surface area contributed by atoms with Crippen LogP contribution in [0.2, 0.25) is 0 Å². The lowest BCUT2D eigenvalue weighted by Crippen LogP contribution is -2.25. The zero-order valence-electron chi connectivity index (χ0n) is 16.6. The summed E-state index contributed by atoms with van der Waals surface area (Å²) >= 11 is 0. The number of nitrogens with one attached hydrogen (secondary N) is 2. The molecule has 3 rings (SSSR count). The van der Waals surface area contributed by atoms with Crippen molar-refractivity contribution >= 4 is 27.3 Å². The van der Waals surface area contributed by atoms with Gasteiger partial charge < -0.3 is 10.2 Å². The van der Waals surface area contributed by atoms with Gasteiger partial charge in [0.1, 0.15) is 5.82 Å². The van der Waals surface area contributed by atoms with Crippen molar-refractivity contribution < 1.29 is 17.6 Å².